The predicted octanol–water partition coefficient (Wildman–Crippen LogP) is 3.80. The fourth-order valence-electron chi connectivity index (χ4n) is 1.65. The normalized spacial score (nSPS) is 10.5. The summed E-state index contributed by atoms with van der Waals surface area (Å²) in [5.74, 6) is 0.553. The predicted molar refractivity (Wildman–Crippen MR) is 70.0 cm³/mol. The zero-order valence-electron chi connectivity index (χ0n) is 10.3. The molecule has 0 aliphatic carbocycles. The lowest BCUT2D eigenvalue weighted by molar-refractivity contribution is 0.865. The van der Waals surface area contributed by atoms with Crippen LogP contribution in [0.25, 0.3) is 0 Å². The minimum absolute atomic E-state index is 0.492. The minimum Gasteiger partial charge on any atom is -0.310 e. The molecule has 86 valence electrons. The summed E-state index contributed by atoms with van der Waals surface area (Å²) in [7, 11) is 0. The molecule has 1 aromatic rings. The molecule has 0 spiro atoms. The van der Waals surface area contributed by atoms with Crippen LogP contribution in [0.4, 0.5) is 0 Å². The molecule has 1 rings (SSSR count). The summed E-state index contributed by atoms with van der Waals surface area (Å²) < 4.78 is 0. The van der Waals surface area contributed by atoms with Gasteiger partial charge in [0.25, 0.3) is 0 Å². The molecule has 0 radical (unpaired) electrons. The molecule has 2 nitrogen and oxygen atoms in total. The van der Waals surface area contributed by atoms with Crippen molar-refractivity contribution in [3.8, 4) is 0 Å². The SMILES string of the molecule is CC(=N)CC(=N)Cc1ccc(C(C)C)cc1. The van der Waals surface area contributed by atoms with Gasteiger partial charge in [-0.1, -0.05) is 38.1 Å². The van der Waals surface area contributed by atoms with Gasteiger partial charge in [0.2, 0.25) is 0 Å². The van der Waals surface area contributed by atoms with Crippen LogP contribution in [-0.4, -0.2) is 11.4 Å². The summed E-state index contributed by atoms with van der Waals surface area (Å²) in [5.41, 5.74) is 3.67. The van der Waals surface area contributed by atoms with Crippen LogP contribution in [0.5, 0.6) is 0 Å². The highest BCUT2D eigenvalue weighted by atomic mass is 14.5. The van der Waals surface area contributed by atoms with Crippen LogP contribution in [0.2, 0.25) is 0 Å². The fraction of sp³-hybridized carbons (Fsp3) is 0.429. The zero-order valence-corrected chi connectivity index (χ0v) is 10.3. The van der Waals surface area contributed by atoms with E-state index in [0.717, 1.165) is 5.56 Å². The van der Waals surface area contributed by atoms with Crippen LogP contribution < -0.4 is 0 Å². The minimum atomic E-state index is 0.492. The standard InChI is InChI=1S/C14H20N2/c1-10(2)13-6-4-12(5-7-13)9-14(16)8-11(3)15/h4-7,10,15-16H,8-9H2,1-3H3. The summed E-state index contributed by atoms with van der Waals surface area (Å²) >= 11 is 0. The van der Waals surface area contributed by atoms with Crippen LogP contribution in [0.15, 0.2) is 24.3 Å². The Kier molecular flexibility index (Phi) is 4.41. The second-order valence-electron chi connectivity index (χ2n) is 4.63. The topological polar surface area (TPSA) is 47.7 Å². The summed E-state index contributed by atoms with van der Waals surface area (Å²) in [5, 5.41) is 15.1. The summed E-state index contributed by atoms with van der Waals surface area (Å²) in [6.45, 7) is 6.10. The maximum Gasteiger partial charge on any atom is 0.0230 e. The number of benzene rings is 1. The molecule has 0 bridgehead atoms. The molecule has 0 heterocycles. The number of hydrogen-bond acceptors (Lipinski definition) is 2. The third kappa shape index (κ3) is 3.97. The second kappa shape index (κ2) is 5.59. The van der Waals surface area contributed by atoms with Crippen molar-refractivity contribution in [1.82, 2.24) is 0 Å². The maximum absolute atomic E-state index is 7.75. The van der Waals surface area contributed by atoms with E-state index in [1.54, 1.807) is 6.92 Å². The van der Waals surface area contributed by atoms with E-state index in [1.807, 2.05) is 0 Å². The van der Waals surface area contributed by atoms with Gasteiger partial charge < -0.3 is 10.8 Å². The zero-order chi connectivity index (χ0) is 12.1. The third-order valence-electron chi connectivity index (χ3n) is 2.54. The molecular weight excluding hydrogens is 196 g/mol. The van der Waals surface area contributed by atoms with Crippen molar-refractivity contribution in [3.63, 3.8) is 0 Å². The van der Waals surface area contributed by atoms with Gasteiger partial charge in [0.1, 0.15) is 0 Å². The molecule has 0 saturated heterocycles. The van der Waals surface area contributed by atoms with Gasteiger partial charge >= 0.3 is 0 Å². The molecule has 0 atom stereocenters. The van der Waals surface area contributed by atoms with Gasteiger partial charge in [0.05, 0.1) is 0 Å². The number of nitrogens with one attached hydrogen (secondary N) is 2. The molecule has 0 aliphatic heterocycles. The average Bonchev–Trinajstić information content (AvgIpc) is 2.16. The van der Waals surface area contributed by atoms with E-state index in [2.05, 4.69) is 38.1 Å². The van der Waals surface area contributed by atoms with Gasteiger partial charge in [0.15, 0.2) is 0 Å². The molecule has 0 aromatic heterocycles. The Morgan fingerprint density at radius 3 is 2.12 bits per heavy atom. The van der Waals surface area contributed by atoms with E-state index in [1.165, 1.54) is 5.56 Å². The molecule has 2 heteroatoms. The lowest BCUT2D eigenvalue weighted by Gasteiger charge is -2.07. The molecule has 0 amide bonds. The van der Waals surface area contributed by atoms with Gasteiger partial charge in [-0.2, -0.15) is 0 Å². The highest BCUT2D eigenvalue weighted by Crippen LogP contribution is 2.15. The third-order valence-corrected chi connectivity index (χ3v) is 2.54. The summed E-state index contributed by atoms with van der Waals surface area (Å²) in [6, 6.07) is 8.43. The maximum atomic E-state index is 7.75. The quantitative estimate of drug-likeness (QED) is 0.703. The van der Waals surface area contributed by atoms with Gasteiger partial charge in [0, 0.05) is 24.3 Å². The Morgan fingerprint density at radius 1 is 1.12 bits per heavy atom. The van der Waals surface area contributed by atoms with Crippen molar-refractivity contribution in [2.24, 2.45) is 0 Å². The first-order chi connectivity index (χ1) is 7.49. The van der Waals surface area contributed by atoms with Crippen molar-refractivity contribution >= 4 is 11.4 Å². The van der Waals surface area contributed by atoms with E-state index in [4.69, 9.17) is 10.8 Å². The van der Waals surface area contributed by atoms with Gasteiger partial charge in [-0.25, -0.2) is 0 Å². The molecule has 1 aromatic carbocycles. The first-order valence-corrected chi connectivity index (χ1v) is 5.68. The van der Waals surface area contributed by atoms with E-state index >= 15 is 0 Å². The molecular formula is C14H20N2. The fourth-order valence-corrected chi connectivity index (χ4v) is 1.65. The van der Waals surface area contributed by atoms with E-state index in [-0.39, 0.29) is 0 Å². The summed E-state index contributed by atoms with van der Waals surface area (Å²) in [4.78, 5) is 0. The Balaban J connectivity index is 2.62. The van der Waals surface area contributed by atoms with Crippen molar-refractivity contribution in [3.05, 3.63) is 35.4 Å². The Hall–Kier alpha value is -1.44. The Morgan fingerprint density at radius 2 is 1.69 bits per heavy atom. The van der Waals surface area contributed by atoms with Crippen LogP contribution >= 0.6 is 0 Å². The first-order valence-electron chi connectivity index (χ1n) is 5.68. The van der Waals surface area contributed by atoms with E-state index in [9.17, 15) is 0 Å². The molecule has 0 saturated carbocycles. The Bertz CT molecular complexity index is 374. The van der Waals surface area contributed by atoms with Gasteiger partial charge in [-0.05, 0) is 24.0 Å². The lowest BCUT2D eigenvalue weighted by atomic mass is 9.99. The smallest absolute Gasteiger partial charge is 0.0230 e. The van der Waals surface area contributed by atoms with Crippen molar-refractivity contribution in [2.75, 3.05) is 0 Å². The lowest BCUT2D eigenvalue weighted by Crippen LogP contribution is -2.06. The number of hydrogen-bond donors (Lipinski definition) is 2. The van der Waals surface area contributed by atoms with Crippen molar-refractivity contribution in [2.45, 2.75) is 39.5 Å². The van der Waals surface area contributed by atoms with E-state index in [0.29, 0.717) is 30.2 Å². The summed E-state index contributed by atoms with van der Waals surface area (Å²) in [6.07, 6.45) is 1.15. The van der Waals surface area contributed by atoms with Crippen LogP contribution in [0, 0.1) is 10.8 Å². The van der Waals surface area contributed by atoms with Gasteiger partial charge in [-0.15, -0.1) is 0 Å². The molecule has 0 aliphatic rings. The van der Waals surface area contributed by atoms with Crippen LogP contribution in [-0.2, 0) is 6.42 Å². The molecule has 0 unspecified atom stereocenters. The molecule has 16 heavy (non-hydrogen) atoms. The van der Waals surface area contributed by atoms with Crippen LogP contribution in [0.3, 0.4) is 0 Å². The second-order valence-corrected chi connectivity index (χ2v) is 4.63. The first kappa shape index (κ1) is 12.6. The monoisotopic (exact) mass is 216 g/mol. The van der Waals surface area contributed by atoms with Crippen molar-refractivity contribution in [1.29, 1.82) is 10.8 Å². The van der Waals surface area contributed by atoms with E-state index < -0.39 is 0 Å². The molecule has 0 fully saturated rings. The highest BCUT2D eigenvalue weighted by Gasteiger charge is 2.02. The highest BCUT2D eigenvalue weighted by molar-refractivity contribution is 6.01. The molecule has 2 N–H and O–H groups in total. The number of rotatable bonds is 5. The van der Waals surface area contributed by atoms with Crippen molar-refractivity contribution < 1.29 is 0 Å². The average molecular weight is 216 g/mol. The van der Waals surface area contributed by atoms with Gasteiger partial charge in [-0.3, -0.25) is 0 Å². The largest absolute Gasteiger partial charge is 0.310 e. The van der Waals surface area contributed by atoms with Crippen LogP contribution in [0.1, 0.15) is 44.2 Å². The Labute approximate surface area is 97.7 Å².